The monoisotopic (exact) mass is 153 g/mol. The smallest absolute Gasteiger partial charge is 0.0182 e. The molecule has 1 atom stereocenters. The van der Waals surface area contributed by atoms with E-state index in [0.29, 0.717) is 5.54 Å². The molecule has 2 fully saturated rings. The molecule has 0 radical (unpaired) electrons. The topological polar surface area (TPSA) is 3.24 Å². The summed E-state index contributed by atoms with van der Waals surface area (Å²) in [4.78, 5) is 2.71. The van der Waals surface area contributed by atoms with E-state index in [0.717, 1.165) is 5.92 Å². The third-order valence-corrected chi connectivity index (χ3v) is 3.39. The predicted molar refractivity (Wildman–Crippen MR) is 47.6 cm³/mol. The zero-order valence-electron chi connectivity index (χ0n) is 7.77. The minimum Gasteiger partial charge on any atom is -0.298 e. The summed E-state index contributed by atoms with van der Waals surface area (Å²) in [6.45, 7) is 7.53. The fourth-order valence-electron chi connectivity index (χ4n) is 2.18. The minimum atomic E-state index is 0.634. The van der Waals surface area contributed by atoms with Crippen LogP contribution in [0, 0.1) is 5.92 Å². The van der Waals surface area contributed by atoms with E-state index in [1.807, 2.05) is 0 Å². The lowest BCUT2D eigenvalue weighted by molar-refractivity contribution is 0.124. The quantitative estimate of drug-likeness (QED) is 0.558. The third kappa shape index (κ3) is 1.44. The highest BCUT2D eigenvalue weighted by Crippen LogP contribution is 2.42. The van der Waals surface area contributed by atoms with Gasteiger partial charge in [-0.05, 0) is 45.1 Å². The van der Waals surface area contributed by atoms with Crippen molar-refractivity contribution in [2.24, 2.45) is 5.92 Å². The van der Waals surface area contributed by atoms with Crippen LogP contribution in [0.3, 0.4) is 0 Å². The molecule has 1 heteroatoms. The molecule has 0 aromatic heterocycles. The molecular weight excluding hydrogens is 134 g/mol. The first kappa shape index (κ1) is 7.60. The van der Waals surface area contributed by atoms with Crippen LogP contribution in [0.2, 0.25) is 0 Å². The summed E-state index contributed by atoms with van der Waals surface area (Å²) >= 11 is 0. The highest BCUT2D eigenvalue weighted by Gasteiger charge is 2.43. The first-order chi connectivity index (χ1) is 5.21. The maximum absolute atomic E-state index is 2.71. The molecule has 1 nitrogen and oxygen atoms in total. The fraction of sp³-hybridized carbons (Fsp3) is 1.00. The zero-order chi connectivity index (χ0) is 7.90. The molecule has 64 valence electrons. The molecule has 1 aliphatic carbocycles. The average Bonchev–Trinajstić information content (AvgIpc) is 2.70. The van der Waals surface area contributed by atoms with Gasteiger partial charge >= 0.3 is 0 Å². The Kier molecular flexibility index (Phi) is 1.71. The molecule has 0 N–H and O–H groups in total. The van der Waals surface area contributed by atoms with E-state index < -0.39 is 0 Å². The van der Waals surface area contributed by atoms with E-state index in [-0.39, 0.29) is 0 Å². The molecule has 1 unspecified atom stereocenters. The number of hydrogen-bond acceptors (Lipinski definition) is 1. The Bertz CT molecular complexity index is 149. The van der Waals surface area contributed by atoms with Gasteiger partial charge in [-0.15, -0.1) is 0 Å². The van der Waals surface area contributed by atoms with Gasteiger partial charge in [0.15, 0.2) is 0 Å². The van der Waals surface area contributed by atoms with Crippen molar-refractivity contribution < 1.29 is 0 Å². The van der Waals surface area contributed by atoms with Crippen LogP contribution >= 0.6 is 0 Å². The molecule has 1 saturated heterocycles. The van der Waals surface area contributed by atoms with E-state index in [2.05, 4.69) is 18.7 Å². The Labute approximate surface area is 69.8 Å². The molecule has 1 aliphatic heterocycles. The van der Waals surface area contributed by atoms with Gasteiger partial charge in [-0.25, -0.2) is 0 Å². The molecule has 1 heterocycles. The van der Waals surface area contributed by atoms with Gasteiger partial charge in [-0.2, -0.15) is 0 Å². The van der Waals surface area contributed by atoms with Crippen molar-refractivity contribution in [3.8, 4) is 0 Å². The Balaban J connectivity index is 1.93. The van der Waals surface area contributed by atoms with E-state index in [1.54, 1.807) is 0 Å². The molecule has 2 rings (SSSR count). The van der Waals surface area contributed by atoms with Crippen LogP contribution in [0.5, 0.6) is 0 Å². The van der Waals surface area contributed by atoms with Crippen molar-refractivity contribution in [2.75, 3.05) is 13.1 Å². The second-order valence-corrected chi connectivity index (χ2v) is 4.69. The summed E-state index contributed by atoms with van der Waals surface area (Å²) in [6.07, 6.45) is 5.77. The molecular formula is C10H19N. The molecule has 1 saturated carbocycles. The Morgan fingerprint density at radius 1 is 1.36 bits per heavy atom. The molecule has 0 amide bonds. The summed E-state index contributed by atoms with van der Waals surface area (Å²) in [5.74, 6) is 0.946. The normalized spacial score (nSPS) is 37.1. The van der Waals surface area contributed by atoms with Gasteiger partial charge in [-0.1, -0.05) is 6.92 Å². The number of hydrogen-bond donors (Lipinski definition) is 0. The van der Waals surface area contributed by atoms with Crippen molar-refractivity contribution in [1.29, 1.82) is 0 Å². The van der Waals surface area contributed by atoms with Crippen molar-refractivity contribution in [3.63, 3.8) is 0 Å². The first-order valence-electron chi connectivity index (χ1n) is 4.96. The Hall–Kier alpha value is -0.0400. The lowest BCUT2D eigenvalue weighted by Gasteiger charge is -2.35. The second kappa shape index (κ2) is 2.48. The van der Waals surface area contributed by atoms with Crippen molar-refractivity contribution in [1.82, 2.24) is 4.90 Å². The van der Waals surface area contributed by atoms with E-state index in [4.69, 9.17) is 0 Å². The Morgan fingerprint density at radius 2 is 2.09 bits per heavy atom. The van der Waals surface area contributed by atoms with Crippen LogP contribution in [0.4, 0.5) is 0 Å². The number of piperidine rings is 1. The van der Waals surface area contributed by atoms with Gasteiger partial charge in [0.05, 0.1) is 0 Å². The highest BCUT2D eigenvalue weighted by atomic mass is 15.2. The van der Waals surface area contributed by atoms with Gasteiger partial charge in [0.25, 0.3) is 0 Å². The van der Waals surface area contributed by atoms with E-state index in [9.17, 15) is 0 Å². The van der Waals surface area contributed by atoms with Crippen LogP contribution in [-0.4, -0.2) is 23.5 Å². The molecule has 0 bridgehead atoms. The van der Waals surface area contributed by atoms with E-state index >= 15 is 0 Å². The second-order valence-electron chi connectivity index (χ2n) is 4.69. The van der Waals surface area contributed by atoms with Crippen molar-refractivity contribution in [2.45, 2.75) is 45.1 Å². The third-order valence-electron chi connectivity index (χ3n) is 3.39. The summed E-state index contributed by atoms with van der Waals surface area (Å²) in [7, 11) is 0. The van der Waals surface area contributed by atoms with Gasteiger partial charge < -0.3 is 0 Å². The molecule has 2 aliphatic rings. The molecule has 0 aromatic carbocycles. The van der Waals surface area contributed by atoms with Gasteiger partial charge in [0, 0.05) is 12.1 Å². The lowest BCUT2D eigenvalue weighted by Crippen LogP contribution is -2.42. The van der Waals surface area contributed by atoms with Gasteiger partial charge in [0.1, 0.15) is 0 Å². The van der Waals surface area contributed by atoms with Crippen LogP contribution in [-0.2, 0) is 0 Å². The predicted octanol–water partition coefficient (Wildman–Crippen LogP) is 2.27. The van der Waals surface area contributed by atoms with Gasteiger partial charge in [-0.3, -0.25) is 4.90 Å². The SMILES string of the molecule is CC1CCCN(C2(C)CC2)C1. The zero-order valence-corrected chi connectivity index (χ0v) is 7.77. The van der Waals surface area contributed by atoms with Crippen LogP contribution in [0.1, 0.15) is 39.5 Å². The minimum absolute atomic E-state index is 0.634. The van der Waals surface area contributed by atoms with Gasteiger partial charge in [0.2, 0.25) is 0 Å². The number of rotatable bonds is 1. The summed E-state index contributed by atoms with van der Waals surface area (Å²) < 4.78 is 0. The molecule has 0 spiro atoms. The maximum Gasteiger partial charge on any atom is 0.0182 e. The van der Waals surface area contributed by atoms with Crippen molar-refractivity contribution in [3.05, 3.63) is 0 Å². The molecule has 0 aromatic rings. The first-order valence-corrected chi connectivity index (χ1v) is 4.96. The maximum atomic E-state index is 2.71. The average molecular weight is 153 g/mol. The van der Waals surface area contributed by atoms with Crippen LogP contribution in [0.15, 0.2) is 0 Å². The number of likely N-dealkylation sites (tertiary alicyclic amines) is 1. The summed E-state index contributed by atoms with van der Waals surface area (Å²) in [5, 5.41) is 0. The fourth-order valence-corrected chi connectivity index (χ4v) is 2.18. The van der Waals surface area contributed by atoms with Crippen LogP contribution < -0.4 is 0 Å². The Morgan fingerprint density at radius 3 is 2.64 bits per heavy atom. The largest absolute Gasteiger partial charge is 0.298 e. The van der Waals surface area contributed by atoms with Crippen molar-refractivity contribution >= 4 is 0 Å². The summed E-state index contributed by atoms with van der Waals surface area (Å²) in [6, 6.07) is 0. The van der Waals surface area contributed by atoms with E-state index in [1.165, 1.54) is 38.8 Å². The highest BCUT2D eigenvalue weighted by molar-refractivity contribution is 5.00. The standard InChI is InChI=1S/C10H19N/c1-9-4-3-7-11(8-9)10(2)5-6-10/h9H,3-8H2,1-2H3. The summed E-state index contributed by atoms with van der Waals surface area (Å²) in [5.41, 5.74) is 0.634. The molecule has 11 heavy (non-hydrogen) atoms. The van der Waals surface area contributed by atoms with Crippen LogP contribution in [0.25, 0.3) is 0 Å². The lowest BCUT2D eigenvalue weighted by atomic mass is 9.98. The number of nitrogens with zero attached hydrogens (tertiary/aromatic N) is 1.